The second kappa shape index (κ2) is 14.7. The Morgan fingerprint density at radius 2 is 1.72 bits per heavy atom. The highest BCUT2D eigenvalue weighted by Crippen LogP contribution is 2.31. The first kappa shape index (κ1) is 34.2. The second-order valence-electron chi connectivity index (χ2n) is 11.9. The molecule has 1 aliphatic heterocycles. The lowest BCUT2D eigenvalue weighted by Crippen LogP contribution is -2.44. The van der Waals surface area contributed by atoms with Gasteiger partial charge in [-0.3, -0.25) is 24.0 Å². The molecule has 14 heteroatoms. The van der Waals surface area contributed by atoms with Crippen LogP contribution in [0.3, 0.4) is 0 Å². The van der Waals surface area contributed by atoms with E-state index in [0.29, 0.717) is 40.1 Å². The van der Waals surface area contributed by atoms with Crippen LogP contribution in [-0.4, -0.2) is 97.7 Å². The highest BCUT2D eigenvalue weighted by Gasteiger charge is 2.40. The number of aromatic nitrogens is 5. The predicted molar refractivity (Wildman–Crippen MR) is 178 cm³/mol. The quantitative estimate of drug-likeness (QED) is 0.163. The van der Waals surface area contributed by atoms with Crippen LogP contribution in [0.4, 0.5) is 14.6 Å². The average molecular weight is 712 g/mol. The number of hydrogen-bond acceptors (Lipinski definition) is 8. The minimum Gasteiger partial charge on any atom is -0.329 e. The van der Waals surface area contributed by atoms with Gasteiger partial charge in [0.05, 0.1) is 5.52 Å². The number of anilines is 1. The summed E-state index contributed by atoms with van der Waals surface area (Å²) in [6.45, 7) is 6.12. The van der Waals surface area contributed by atoms with E-state index in [1.807, 2.05) is 32.0 Å². The normalized spacial score (nSPS) is 16.3. The van der Waals surface area contributed by atoms with Gasteiger partial charge in [0.2, 0.25) is 11.8 Å². The van der Waals surface area contributed by atoms with Crippen molar-refractivity contribution in [2.75, 3.05) is 44.8 Å². The van der Waals surface area contributed by atoms with Crippen molar-refractivity contribution in [1.82, 2.24) is 34.5 Å². The van der Waals surface area contributed by atoms with Crippen molar-refractivity contribution in [3.05, 3.63) is 63.9 Å². The molecule has 2 unspecified atom stereocenters. The third-order valence-electron chi connectivity index (χ3n) is 8.40. The summed E-state index contributed by atoms with van der Waals surface area (Å²) >= 11 is 3.33. The second-order valence-corrected chi connectivity index (χ2v) is 12.7. The van der Waals surface area contributed by atoms with E-state index in [9.17, 15) is 23.2 Å². The molecule has 1 saturated heterocycles. The van der Waals surface area contributed by atoms with E-state index in [4.69, 9.17) is 0 Å². The van der Waals surface area contributed by atoms with Crippen LogP contribution >= 0.6 is 15.9 Å². The van der Waals surface area contributed by atoms with E-state index in [0.717, 1.165) is 22.3 Å². The van der Waals surface area contributed by atoms with Gasteiger partial charge in [-0.2, -0.15) is 5.10 Å². The van der Waals surface area contributed by atoms with Crippen molar-refractivity contribution in [3.8, 4) is 11.1 Å². The Labute approximate surface area is 279 Å². The molecular weight excluding hydrogens is 674 g/mol. The summed E-state index contributed by atoms with van der Waals surface area (Å²) < 4.78 is 28.5. The number of carbonyl (C=O) groups excluding carboxylic acids is 3. The molecule has 5 rings (SSSR count). The first-order chi connectivity index (χ1) is 22.5. The monoisotopic (exact) mass is 710 g/mol. The van der Waals surface area contributed by atoms with Gasteiger partial charge in [-0.1, -0.05) is 6.07 Å². The molecule has 0 aliphatic carbocycles. The summed E-state index contributed by atoms with van der Waals surface area (Å²) in [6, 6.07) is 6.51. The predicted octanol–water partition coefficient (Wildman–Crippen LogP) is 4.88. The Morgan fingerprint density at radius 1 is 1.02 bits per heavy atom. The number of halogens is 3. The van der Waals surface area contributed by atoms with E-state index in [1.54, 1.807) is 30.3 Å². The number of hydrogen-bond donors (Lipinski definition) is 1. The number of alkyl halides is 2. The highest BCUT2D eigenvalue weighted by molar-refractivity contribution is 9.10. The van der Waals surface area contributed by atoms with Gasteiger partial charge in [-0.15, -0.1) is 0 Å². The fourth-order valence-corrected chi connectivity index (χ4v) is 6.45. The van der Waals surface area contributed by atoms with Crippen molar-refractivity contribution in [3.63, 3.8) is 0 Å². The van der Waals surface area contributed by atoms with Crippen molar-refractivity contribution in [1.29, 1.82) is 0 Å². The largest absolute Gasteiger partial charge is 0.329 e. The first-order valence-corrected chi connectivity index (χ1v) is 16.2. The Bertz CT molecular complexity index is 1790. The van der Waals surface area contributed by atoms with Gasteiger partial charge in [-0.25, -0.2) is 23.7 Å². The number of aryl methyl sites for hydroxylation is 3. The smallest absolute Gasteiger partial charge is 0.248 e. The number of fused-ring (bicyclic) bond motifs is 1. The Morgan fingerprint density at radius 3 is 2.38 bits per heavy atom. The summed E-state index contributed by atoms with van der Waals surface area (Å²) in [5.74, 6) is -0.232. The van der Waals surface area contributed by atoms with Gasteiger partial charge in [0.15, 0.2) is 5.78 Å². The molecule has 1 N–H and O–H groups in total. The number of carbonyl (C=O) groups is 3. The number of nitrogens with one attached hydrogen (secondary N) is 1. The highest BCUT2D eigenvalue weighted by atomic mass is 79.9. The fraction of sp³-hybridized carbons (Fsp3) is 0.424. The zero-order valence-corrected chi connectivity index (χ0v) is 28.4. The van der Waals surface area contributed by atoms with Crippen molar-refractivity contribution in [2.24, 2.45) is 5.92 Å². The third kappa shape index (κ3) is 7.70. The maximum atomic E-state index is 14.1. The molecule has 1 fully saturated rings. The zero-order valence-electron chi connectivity index (χ0n) is 26.8. The van der Waals surface area contributed by atoms with Crippen LogP contribution in [0, 0.1) is 26.7 Å². The van der Waals surface area contributed by atoms with E-state index in [2.05, 4.69) is 41.3 Å². The summed E-state index contributed by atoms with van der Waals surface area (Å²) in [7, 11) is 0. The van der Waals surface area contributed by atoms with E-state index in [1.165, 1.54) is 16.5 Å². The fourth-order valence-electron chi connectivity index (χ4n) is 6.14. The van der Waals surface area contributed by atoms with Crippen LogP contribution in [-0.2, 0) is 16.1 Å². The lowest BCUT2D eigenvalue weighted by atomic mass is 10.0. The van der Waals surface area contributed by atoms with Crippen LogP contribution in [0.1, 0.15) is 40.8 Å². The number of Topliss-reactive ketones (excluding diaryl/α,β-unsaturated/α-hetero) is 1. The first-order valence-electron chi connectivity index (χ1n) is 15.4. The summed E-state index contributed by atoms with van der Waals surface area (Å²) in [4.78, 5) is 56.6. The molecule has 2 atom stereocenters. The number of benzene rings is 1. The molecule has 0 spiro atoms. The maximum Gasteiger partial charge on any atom is 0.248 e. The van der Waals surface area contributed by atoms with E-state index >= 15 is 0 Å². The number of rotatable bonds is 12. The zero-order chi connectivity index (χ0) is 33.8. The summed E-state index contributed by atoms with van der Waals surface area (Å²) in [5.41, 5.74) is 3.99. The van der Waals surface area contributed by atoms with Gasteiger partial charge >= 0.3 is 0 Å². The van der Waals surface area contributed by atoms with Crippen molar-refractivity contribution < 1.29 is 23.2 Å². The number of pyridine rings is 1. The molecule has 11 nitrogen and oxygen atoms in total. The Kier molecular flexibility index (Phi) is 10.7. The molecule has 4 aromatic rings. The Balaban J connectivity index is 1.46. The average Bonchev–Trinajstić information content (AvgIpc) is 3.62. The molecule has 2 amide bonds. The van der Waals surface area contributed by atoms with Gasteiger partial charge < -0.3 is 10.2 Å². The lowest BCUT2D eigenvalue weighted by molar-refractivity contribution is -0.137. The molecule has 0 saturated carbocycles. The molecule has 1 aliphatic rings. The minimum absolute atomic E-state index is 0.0649. The van der Waals surface area contributed by atoms with Crippen LogP contribution in [0.5, 0.6) is 0 Å². The van der Waals surface area contributed by atoms with Gasteiger partial charge in [0, 0.05) is 56.4 Å². The van der Waals surface area contributed by atoms with Crippen LogP contribution in [0.15, 0.2) is 41.3 Å². The van der Waals surface area contributed by atoms with Crippen LogP contribution in [0.2, 0.25) is 0 Å². The van der Waals surface area contributed by atoms with E-state index in [-0.39, 0.29) is 49.5 Å². The molecule has 4 heterocycles. The topological polar surface area (TPSA) is 126 Å². The molecule has 0 bridgehead atoms. The van der Waals surface area contributed by atoms with Crippen LogP contribution < -0.4 is 5.32 Å². The van der Waals surface area contributed by atoms with E-state index < -0.39 is 25.3 Å². The molecule has 47 heavy (non-hydrogen) atoms. The van der Waals surface area contributed by atoms with Crippen molar-refractivity contribution in [2.45, 2.75) is 46.7 Å². The number of likely N-dealkylation sites (tertiary alicyclic amines) is 1. The van der Waals surface area contributed by atoms with Crippen molar-refractivity contribution >= 4 is 50.2 Å². The standard InChI is InChI=1S/C33H37BrF2N8O3/c1-19-5-6-28(34)39-32(19)40-33(47)27-12-23(16-42(9-7-35)10-8-36)17-43(27)29(46)18-44-31-20(2)11-24(25-14-37-22(4)38-15-25)13-26(31)30(41-44)21(3)45/h5-6,11,13-15,23,27H,7-10,12,16-18H2,1-4H3,(H,39,40,47). The molecule has 248 valence electrons. The van der Waals surface area contributed by atoms with Gasteiger partial charge in [0.25, 0.3) is 0 Å². The lowest BCUT2D eigenvalue weighted by Gasteiger charge is -2.25. The van der Waals surface area contributed by atoms with Gasteiger partial charge in [-0.05, 0) is 83.9 Å². The number of nitrogens with zero attached hydrogens (tertiary/aromatic N) is 7. The number of ketones is 1. The molecule has 0 radical (unpaired) electrons. The molecule has 1 aromatic carbocycles. The summed E-state index contributed by atoms with van der Waals surface area (Å²) in [5, 5.41) is 8.03. The number of amides is 2. The Hall–Kier alpha value is -4.17. The molecule has 3 aromatic heterocycles. The summed E-state index contributed by atoms with van der Waals surface area (Å²) in [6.07, 6.45) is 3.73. The van der Waals surface area contributed by atoms with Gasteiger partial charge in [0.1, 0.15) is 47.9 Å². The maximum absolute atomic E-state index is 14.1. The minimum atomic E-state index is -0.853. The third-order valence-corrected chi connectivity index (χ3v) is 8.84. The van der Waals surface area contributed by atoms with Crippen LogP contribution in [0.25, 0.3) is 22.0 Å². The molecular formula is C33H37BrF2N8O3. The SMILES string of the molecule is CC(=O)c1nn(CC(=O)N2CC(CN(CCF)CCF)CC2C(=O)Nc2nc(Br)ccc2C)c2c(C)cc(-c3cnc(C)nc3)cc12.